The van der Waals surface area contributed by atoms with Crippen molar-refractivity contribution in [2.24, 2.45) is 5.73 Å². The Morgan fingerprint density at radius 3 is 2.37 bits per heavy atom. The van der Waals surface area contributed by atoms with Crippen molar-refractivity contribution >= 4 is 5.91 Å². The van der Waals surface area contributed by atoms with Crippen LogP contribution in [0.2, 0.25) is 0 Å². The first kappa shape index (κ1) is 15.7. The minimum Gasteiger partial charge on any atom is -0.348 e. The number of carbonyl (C=O) groups is 1. The summed E-state index contributed by atoms with van der Waals surface area (Å²) in [5, 5.41) is 3.00. The highest BCUT2D eigenvalue weighted by Crippen LogP contribution is 2.14. The van der Waals surface area contributed by atoms with Crippen LogP contribution in [0, 0.1) is 0 Å². The Hall–Kier alpha value is -1.35. The molecule has 0 bridgehead atoms. The fourth-order valence-electron chi connectivity index (χ4n) is 1.99. The van der Waals surface area contributed by atoms with Crippen LogP contribution in [0.15, 0.2) is 24.3 Å². The smallest absolute Gasteiger partial charge is 0.251 e. The van der Waals surface area contributed by atoms with Crippen molar-refractivity contribution in [1.29, 1.82) is 0 Å². The molecule has 0 fully saturated rings. The molecular weight excluding hydrogens is 236 g/mol. The van der Waals surface area contributed by atoms with Crippen molar-refractivity contribution in [3.63, 3.8) is 0 Å². The molecule has 0 spiro atoms. The van der Waals surface area contributed by atoms with E-state index >= 15 is 0 Å². The molecule has 1 aromatic rings. The average molecular weight is 262 g/mol. The minimum atomic E-state index is -0.0261. The van der Waals surface area contributed by atoms with E-state index in [9.17, 15) is 4.79 Å². The van der Waals surface area contributed by atoms with E-state index in [1.165, 1.54) is 5.56 Å². The molecule has 0 aliphatic heterocycles. The van der Waals surface area contributed by atoms with Crippen molar-refractivity contribution < 1.29 is 4.79 Å². The fourth-order valence-corrected chi connectivity index (χ4v) is 1.99. The fraction of sp³-hybridized carbons (Fsp3) is 0.562. The molecule has 1 aromatic carbocycles. The molecule has 106 valence electrons. The average Bonchev–Trinajstić information content (AvgIpc) is 2.43. The molecule has 0 aromatic heterocycles. The molecule has 19 heavy (non-hydrogen) atoms. The molecule has 0 radical (unpaired) electrons. The van der Waals surface area contributed by atoms with Crippen LogP contribution in [0.4, 0.5) is 0 Å². The summed E-state index contributed by atoms with van der Waals surface area (Å²) in [6, 6.07) is 7.89. The van der Waals surface area contributed by atoms with Gasteiger partial charge in [-0.15, -0.1) is 0 Å². The third-order valence-corrected chi connectivity index (χ3v) is 3.37. The number of benzene rings is 1. The Balaban J connectivity index is 2.61. The highest BCUT2D eigenvalue weighted by atomic mass is 16.1. The quantitative estimate of drug-likeness (QED) is 0.793. The largest absolute Gasteiger partial charge is 0.348 e. The SMILES string of the molecule is CCCCC(CN)NC(=O)c1ccc(C(C)C)cc1. The maximum Gasteiger partial charge on any atom is 0.251 e. The number of rotatable bonds is 7. The van der Waals surface area contributed by atoms with Gasteiger partial charge in [-0.25, -0.2) is 0 Å². The van der Waals surface area contributed by atoms with Crippen molar-refractivity contribution in [2.45, 2.75) is 52.0 Å². The summed E-state index contributed by atoms with van der Waals surface area (Å²) in [5.41, 5.74) is 7.64. The van der Waals surface area contributed by atoms with Crippen LogP contribution in [-0.2, 0) is 0 Å². The first-order valence-corrected chi connectivity index (χ1v) is 7.19. The van der Waals surface area contributed by atoms with Crippen LogP contribution in [-0.4, -0.2) is 18.5 Å². The monoisotopic (exact) mass is 262 g/mol. The Morgan fingerprint density at radius 2 is 1.89 bits per heavy atom. The standard InChI is InChI=1S/C16H26N2O/c1-4-5-6-15(11-17)18-16(19)14-9-7-13(8-10-14)12(2)3/h7-10,12,15H,4-6,11,17H2,1-3H3,(H,18,19). The summed E-state index contributed by atoms with van der Waals surface area (Å²) in [4.78, 5) is 12.1. The Kier molecular flexibility index (Phi) is 6.57. The molecule has 3 heteroatoms. The number of amides is 1. The maximum atomic E-state index is 12.1. The summed E-state index contributed by atoms with van der Waals surface area (Å²) >= 11 is 0. The third kappa shape index (κ3) is 5.03. The predicted molar refractivity (Wildman–Crippen MR) is 80.4 cm³/mol. The number of unbranched alkanes of at least 4 members (excludes halogenated alkanes) is 1. The third-order valence-electron chi connectivity index (χ3n) is 3.37. The summed E-state index contributed by atoms with van der Waals surface area (Å²) in [6.45, 7) is 6.92. The van der Waals surface area contributed by atoms with Gasteiger partial charge < -0.3 is 11.1 Å². The lowest BCUT2D eigenvalue weighted by Gasteiger charge is -2.16. The topological polar surface area (TPSA) is 55.1 Å². The highest BCUT2D eigenvalue weighted by Gasteiger charge is 2.12. The zero-order valence-electron chi connectivity index (χ0n) is 12.3. The van der Waals surface area contributed by atoms with Crippen molar-refractivity contribution in [3.8, 4) is 0 Å². The lowest BCUT2D eigenvalue weighted by Crippen LogP contribution is -2.40. The maximum absolute atomic E-state index is 12.1. The number of hydrogen-bond donors (Lipinski definition) is 2. The van der Waals surface area contributed by atoms with Crippen LogP contribution in [0.3, 0.4) is 0 Å². The van der Waals surface area contributed by atoms with Crippen LogP contribution in [0.1, 0.15) is 61.9 Å². The van der Waals surface area contributed by atoms with Crippen LogP contribution < -0.4 is 11.1 Å². The Labute approximate surface area is 116 Å². The zero-order chi connectivity index (χ0) is 14.3. The predicted octanol–water partition coefficient (Wildman–Crippen LogP) is 3.06. The molecule has 1 amide bonds. The summed E-state index contributed by atoms with van der Waals surface area (Å²) < 4.78 is 0. The molecule has 0 saturated heterocycles. The van der Waals surface area contributed by atoms with Crippen LogP contribution in [0.25, 0.3) is 0 Å². The second-order valence-corrected chi connectivity index (χ2v) is 5.33. The first-order chi connectivity index (χ1) is 9.08. The minimum absolute atomic E-state index is 0.0261. The number of nitrogens with two attached hydrogens (primary N) is 1. The van der Waals surface area contributed by atoms with Gasteiger partial charge in [-0.3, -0.25) is 4.79 Å². The highest BCUT2D eigenvalue weighted by molar-refractivity contribution is 5.94. The van der Waals surface area contributed by atoms with E-state index in [2.05, 4.69) is 26.1 Å². The van der Waals surface area contributed by atoms with Gasteiger partial charge in [0, 0.05) is 18.2 Å². The Bertz CT molecular complexity index is 384. The van der Waals surface area contributed by atoms with Crippen LogP contribution >= 0.6 is 0 Å². The number of nitrogens with one attached hydrogen (secondary N) is 1. The van der Waals surface area contributed by atoms with Gasteiger partial charge in [-0.05, 0) is 30.0 Å². The molecule has 1 atom stereocenters. The molecule has 0 saturated carbocycles. The molecule has 0 aliphatic rings. The summed E-state index contributed by atoms with van der Waals surface area (Å²) in [7, 11) is 0. The second kappa shape index (κ2) is 7.95. The first-order valence-electron chi connectivity index (χ1n) is 7.19. The van der Waals surface area contributed by atoms with E-state index < -0.39 is 0 Å². The molecule has 0 heterocycles. The summed E-state index contributed by atoms with van der Waals surface area (Å²) in [5.74, 6) is 0.459. The Morgan fingerprint density at radius 1 is 1.26 bits per heavy atom. The van der Waals surface area contributed by atoms with Crippen molar-refractivity contribution in [1.82, 2.24) is 5.32 Å². The van der Waals surface area contributed by atoms with E-state index in [-0.39, 0.29) is 11.9 Å². The van der Waals surface area contributed by atoms with Gasteiger partial charge >= 0.3 is 0 Å². The molecule has 1 unspecified atom stereocenters. The second-order valence-electron chi connectivity index (χ2n) is 5.33. The normalized spacial score (nSPS) is 12.5. The number of hydrogen-bond acceptors (Lipinski definition) is 2. The lowest BCUT2D eigenvalue weighted by atomic mass is 10.0. The van der Waals surface area contributed by atoms with E-state index in [1.54, 1.807) is 0 Å². The van der Waals surface area contributed by atoms with Crippen molar-refractivity contribution in [3.05, 3.63) is 35.4 Å². The molecule has 3 nitrogen and oxygen atoms in total. The molecular formula is C16H26N2O. The lowest BCUT2D eigenvalue weighted by molar-refractivity contribution is 0.0936. The summed E-state index contributed by atoms with van der Waals surface area (Å²) in [6.07, 6.45) is 3.16. The molecule has 1 rings (SSSR count). The van der Waals surface area contributed by atoms with Gasteiger partial charge in [0.2, 0.25) is 0 Å². The van der Waals surface area contributed by atoms with E-state index in [0.29, 0.717) is 18.0 Å². The van der Waals surface area contributed by atoms with Gasteiger partial charge in [0.05, 0.1) is 0 Å². The molecule has 3 N–H and O–H groups in total. The van der Waals surface area contributed by atoms with Gasteiger partial charge in [0.25, 0.3) is 5.91 Å². The van der Waals surface area contributed by atoms with Crippen LogP contribution in [0.5, 0.6) is 0 Å². The zero-order valence-corrected chi connectivity index (χ0v) is 12.3. The van der Waals surface area contributed by atoms with Gasteiger partial charge in [-0.1, -0.05) is 45.7 Å². The molecule has 0 aliphatic carbocycles. The van der Waals surface area contributed by atoms with Gasteiger partial charge in [0.15, 0.2) is 0 Å². The number of carbonyl (C=O) groups excluding carboxylic acids is 1. The van der Waals surface area contributed by atoms with Gasteiger partial charge in [0.1, 0.15) is 0 Å². The van der Waals surface area contributed by atoms with E-state index in [4.69, 9.17) is 5.73 Å². The van der Waals surface area contributed by atoms with Gasteiger partial charge in [-0.2, -0.15) is 0 Å². The van der Waals surface area contributed by atoms with E-state index in [1.807, 2.05) is 24.3 Å². The van der Waals surface area contributed by atoms with E-state index in [0.717, 1.165) is 19.3 Å². The van der Waals surface area contributed by atoms with Crippen molar-refractivity contribution in [2.75, 3.05) is 6.54 Å².